The predicted octanol–water partition coefficient (Wildman–Crippen LogP) is 3.01. The molecule has 1 atom stereocenters. The molecule has 0 spiro atoms. The minimum atomic E-state index is -1.04. The number of alkyl carbamates (subject to hydrolysis) is 1. The number of nitrogens with one attached hydrogen (secondary N) is 1. The van der Waals surface area contributed by atoms with E-state index >= 15 is 0 Å². The third-order valence-corrected chi connectivity index (χ3v) is 6.14. The molecule has 0 bridgehead atoms. The van der Waals surface area contributed by atoms with Crippen molar-refractivity contribution in [3.63, 3.8) is 0 Å². The van der Waals surface area contributed by atoms with Crippen LogP contribution in [0.5, 0.6) is 0 Å². The van der Waals surface area contributed by atoms with E-state index in [-0.39, 0.29) is 24.9 Å². The maximum Gasteiger partial charge on any atom is 0.407 e. The van der Waals surface area contributed by atoms with Gasteiger partial charge in [-0.1, -0.05) is 48.5 Å². The number of carbonyl (C=O) groups is 3. The molecule has 0 aromatic heterocycles. The van der Waals surface area contributed by atoms with Gasteiger partial charge in [0.05, 0.1) is 13.1 Å². The lowest BCUT2D eigenvalue weighted by Crippen LogP contribution is -2.63. The van der Waals surface area contributed by atoms with Gasteiger partial charge in [-0.3, -0.25) is 4.79 Å². The van der Waals surface area contributed by atoms with Crippen molar-refractivity contribution in [3.8, 4) is 11.1 Å². The SMILES string of the molecule is C[C@H](CC(=O)N1CC(C)(OCC(=O)O)C1)NC(=O)OCC1c2ccccc2-c2ccccc21. The topological polar surface area (TPSA) is 105 Å². The summed E-state index contributed by atoms with van der Waals surface area (Å²) in [5, 5.41) is 11.5. The van der Waals surface area contributed by atoms with E-state index in [1.807, 2.05) is 24.3 Å². The fraction of sp³-hybridized carbons (Fsp3) is 0.400. The molecule has 2 N–H and O–H groups in total. The second-order valence-corrected chi connectivity index (χ2v) is 8.96. The molecule has 0 radical (unpaired) electrons. The van der Waals surface area contributed by atoms with Gasteiger partial charge in [-0.15, -0.1) is 0 Å². The number of hydrogen-bond acceptors (Lipinski definition) is 5. The number of amides is 2. The lowest BCUT2D eigenvalue weighted by atomic mass is 9.95. The van der Waals surface area contributed by atoms with E-state index in [0.717, 1.165) is 22.3 Å². The van der Waals surface area contributed by atoms with Crippen LogP contribution in [0.2, 0.25) is 0 Å². The Morgan fingerprint density at radius 3 is 2.24 bits per heavy atom. The fourth-order valence-corrected chi connectivity index (χ4v) is 4.55. The highest BCUT2D eigenvalue weighted by Crippen LogP contribution is 2.44. The summed E-state index contributed by atoms with van der Waals surface area (Å²) in [6, 6.07) is 15.8. The molecule has 2 amide bonds. The van der Waals surface area contributed by atoms with Gasteiger partial charge in [-0.2, -0.15) is 0 Å². The molecule has 1 saturated heterocycles. The molecule has 1 aliphatic heterocycles. The van der Waals surface area contributed by atoms with Gasteiger partial charge in [-0.25, -0.2) is 9.59 Å². The van der Waals surface area contributed by atoms with E-state index in [2.05, 4.69) is 29.6 Å². The van der Waals surface area contributed by atoms with Crippen molar-refractivity contribution < 1.29 is 29.0 Å². The van der Waals surface area contributed by atoms with E-state index < -0.39 is 30.3 Å². The van der Waals surface area contributed by atoms with Crippen LogP contribution in [0.25, 0.3) is 11.1 Å². The van der Waals surface area contributed by atoms with Gasteiger partial charge in [-0.05, 0) is 36.1 Å². The normalized spacial score (nSPS) is 16.8. The molecule has 33 heavy (non-hydrogen) atoms. The molecule has 2 aromatic rings. The molecule has 174 valence electrons. The number of carboxylic acids is 1. The number of carbonyl (C=O) groups excluding carboxylic acids is 2. The van der Waals surface area contributed by atoms with E-state index in [9.17, 15) is 14.4 Å². The lowest BCUT2D eigenvalue weighted by molar-refractivity contribution is -0.173. The lowest BCUT2D eigenvalue weighted by Gasteiger charge is -2.47. The molecule has 1 aliphatic carbocycles. The third-order valence-electron chi connectivity index (χ3n) is 6.14. The highest BCUT2D eigenvalue weighted by Gasteiger charge is 2.42. The van der Waals surface area contributed by atoms with Gasteiger partial charge in [0, 0.05) is 18.4 Å². The van der Waals surface area contributed by atoms with Gasteiger partial charge in [0.2, 0.25) is 5.91 Å². The fourth-order valence-electron chi connectivity index (χ4n) is 4.55. The van der Waals surface area contributed by atoms with Gasteiger partial charge in [0.25, 0.3) is 0 Å². The van der Waals surface area contributed by atoms with Crippen molar-refractivity contribution in [2.24, 2.45) is 0 Å². The Hall–Kier alpha value is -3.39. The first kappa shape index (κ1) is 22.8. The molecule has 8 heteroatoms. The van der Waals surface area contributed by atoms with Crippen LogP contribution >= 0.6 is 0 Å². The molecule has 0 unspecified atom stereocenters. The zero-order chi connectivity index (χ0) is 23.6. The molecule has 4 rings (SSSR count). The average molecular weight is 453 g/mol. The van der Waals surface area contributed by atoms with Crippen LogP contribution in [-0.2, 0) is 19.1 Å². The number of nitrogens with zero attached hydrogens (tertiary/aromatic N) is 1. The molecule has 1 fully saturated rings. The van der Waals surface area contributed by atoms with Crippen LogP contribution in [0.15, 0.2) is 48.5 Å². The highest BCUT2D eigenvalue weighted by molar-refractivity contribution is 5.80. The van der Waals surface area contributed by atoms with E-state index in [1.165, 1.54) is 0 Å². The number of fused-ring (bicyclic) bond motifs is 3. The quantitative estimate of drug-likeness (QED) is 0.638. The number of rotatable bonds is 8. The van der Waals surface area contributed by atoms with Gasteiger partial charge < -0.3 is 24.8 Å². The molecule has 2 aromatic carbocycles. The predicted molar refractivity (Wildman–Crippen MR) is 121 cm³/mol. The summed E-state index contributed by atoms with van der Waals surface area (Å²) in [6.07, 6.45) is -0.436. The first-order valence-corrected chi connectivity index (χ1v) is 11.0. The zero-order valence-corrected chi connectivity index (χ0v) is 18.7. The average Bonchev–Trinajstić information content (AvgIpc) is 3.08. The number of benzene rings is 2. The van der Waals surface area contributed by atoms with Crippen LogP contribution in [0.1, 0.15) is 37.3 Å². The third kappa shape index (κ3) is 5.01. The maximum absolute atomic E-state index is 12.4. The van der Waals surface area contributed by atoms with Gasteiger partial charge in [0.15, 0.2) is 0 Å². The van der Waals surface area contributed by atoms with Crippen molar-refractivity contribution in [1.29, 1.82) is 0 Å². The van der Waals surface area contributed by atoms with Crippen LogP contribution < -0.4 is 5.32 Å². The maximum atomic E-state index is 12.4. The summed E-state index contributed by atoms with van der Waals surface area (Å²) in [5.41, 5.74) is 3.96. The minimum Gasteiger partial charge on any atom is -0.480 e. The number of carboxylic acid groups (broad SMARTS) is 1. The van der Waals surface area contributed by atoms with E-state index in [0.29, 0.717) is 13.1 Å². The van der Waals surface area contributed by atoms with E-state index in [1.54, 1.807) is 18.7 Å². The second-order valence-electron chi connectivity index (χ2n) is 8.96. The summed E-state index contributed by atoms with van der Waals surface area (Å²) in [6.45, 7) is 4.01. The van der Waals surface area contributed by atoms with Crippen molar-refractivity contribution in [2.75, 3.05) is 26.3 Å². The van der Waals surface area contributed by atoms with Crippen LogP contribution in [0, 0.1) is 0 Å². The largest absolute Gasteiger partial charge is 0.480 e. The highest BCUT2D eigenvalue weighted by atomic mass is 16.5. The van der Waals surface area contributed by atoms with Crippen molar-refractivity contribution in [2.45, 2.75) is 37.8 Å². The Balaban J connectivity index is 1.25. The Kier molecular flexibility index (Phi) is 6.37. The molecule has 0 saturated carbocycles. The zero-order valence-electron chi connectivity index (χ0n) is 18.7. The van der Waals surface area contributed by atoms with Crippen LogP contribution in [-0.4, -0.2) is 65.9 Å². The molecular weight excluding hydrogens is 424 g/mol. The Morgan fingerprint density at radius 2 is 1.67 bits per heavy atom. The number of likely N-dealkylation sites (tertiary alicyclic amines) is 1. The summed E-state index contributed by atoms with van der Waals surface area (Å²) < 4.78 is 10.9. The molecule has 8 nitrogen and oxygen atoms in total. The number of ether oxygens (including phenoxy) is 2. The summed E-state index contributed by atoms with van der Waals surface area (Å²) in [7, 11) is 0. The summed E-state index contributed by atoms with van der Waals surface area (Å²) >= 11 is 0. The van der Waals surface area contributed by atoms with Crippen molar-refractivity contribution in [1.82, 2.24) is 10.2 Å². The first-order chi connectivity index (χ1) is 15.8. The Morgan fingerprint density at radius 1 is 1.09 bits per heavy atom. The molecular formula is C25H28N2O6. The van der Waals surface area contributed by atoms with Gasteiger partial charge >= 0.3 is 12.1 Å². The number of aliphatic carboxylic acids is 1. The summed E-state index contributed by atoms with van der Waals surface area (Å²) in [5.74, 6) is -1.19. The van der Waals surface area contributed by atoms with Crippen LogP contribution in [0.3, 0.4) is 0 Å². The Labute approximate surface area is 192 Å². The van der Waals surface area contributed by atoms with Crippen molar-refractivity contribution >= 4 is 18.0 Å². The van der Waals surface area contributed by atoms with Crippen LogP contribution in [0.4, 0.5) is 4.79 Å². The summed E-state index contributed by atoms with van der Waals surface area (Å²) in [4.78, 5) is 37.1. The van der Waals surface area contributed by atoms with Gasteiger partial charge in [0.1, 0.15) is 18.8 Å². The second kappa shape index (κ2) is 9.23. The Bertz CT molecular complexity index is 1020. The monoisotopic (exact) mass is 452 g/mol. The van der Waals surface area contributed by atoms with Crippen molar-refractivity contribution in [3.05, 3.63) is 59.7 Å². The smallest absolute Gasteiger partial charge is 0.407 e. The number of hydrogen-bond donors (Lipinski definition) is 2. The molecule has 1 heterocycles. The minimum absolute atomic E-state index is 0.0235. The van der Waals surface area contributed by atoms with E-state index in [4.69, 9.17) is 14.6 Å². The molecule has 2 aliphatic rings. The first-order valence-electron chi connectivity index (χ1n) is 11.0. The standard InChI is InChI=1S/C25H28N2O6/c1-16(11-22(28)27-14-25(2,15-27)33-13-23(29)30)26-24(31)32-12-21-19-9-5-3-7-17(19)18-8-4-6-10-20(18)21/h3-10,16,21H,11-15H2,1-2H3,(H,26,31)(H,29,30)/t16-/m1/s1.